The van der Waals surface area contributed by atoms with Gasteiger partial charge in [0.05, 0.1) is 22.1 Å². The largest absolute Gasteiger partial charge is 0.348 e. The third-order valence-corrected chi connectivity index (χ3v) is 15.2. The van der Waals surface area contributed by atoms with Crippen molar-refractivity contribution in [3.8, 4) is 12.3 Å². The first-order valence-corrected chi connectivity index (χ1v) is 21.2. The number of ketones is 1. The van der Waals surface area contributed by atoms with Crippen molar-refractivity contribution in [2.75, 3.05) is 18.8 Å². The maximum Gasteiger partial charge on any atom is 0.315 e. The first kappa shape index (κ1) is 41.2. The number of hydrogen-bond acceptors (Lipinski definition) is 7. The number of amides is 5. The quantitative estimate of drug-likeness (QED) is 0.128. The van der Waals surface area contributed by atoms with Gasteiger partial charge in [0.1, 0.15) is 12.1 Å². The van der Waals surface area contributed by atoms with E-state index in [0.29, 0.717) is 38.6 Å². The number of piperidine rings is 1. The summed E-state index contributed by atoms with van der Waals surface area (Å²) < 4.78 is 25.9. The smallest absolute Gasteiger partial charge is 0.315 e. The fourth-order valence-corrected chi connectivity index (χ4v) is 10.6. The Morgan fingerprint density at radius 3 is 2.20 bits per heavy atom. The van der Waals surface area contributed by atoms with Gasteiger partial charge in [-0.1, -0.05) is 70.7 Å². The number of nitrogens with one attached hydrogen (secondary N) is 4. The van der Waals surface area contributed by atoms with Gasteiger partial charge < -0.3 is 26.2 Å². The van der Waals surface area contributed by atoms with Gasteiger partial charge >= 0.3 is 6.03 Å². The lowest BCUT2D eigenvalue weighted by Gasteiger charge is -2.40. The molecule has 2 saturated carbocycles. The monoisotopic (exact) mass is 765 g/mol. The number of benzene rings is 1. The van der Waals surface area contributed by atoms with Crippen molar-refractivity contribution < 1.29 is 32.4 Å². The van der Waals surface area contributed by atoms with Crippen LogP contribution in [0.2, 0.25) is 0 Å². The van der Waals surface area contributed by atoms with Crippen LogP contribution < -0.4 is 21.3 Å². The van der Waals surface area contributed by atoms with E-state index in [-0.39, 0.29) is 48.3 Å². The summed E-state index contributed by atoms with van der Waals surface area (Å²) in [7, 11) is -3.59. The van der Waals surface area contributed by atoms with E-state index in [1.165, 1.54) is 0 Å². The summed E-state index contributed by atoms with van der Waals surface area (Å²) in [5.74, 6) is -0.722. The molecule has 1 heterocycles. The van der Waals surface area contributed by atoms with Crippen molar-refractivity contribution in [3.63, 3.8) is 0 Å². The van der Waals surface area contributed by atoms with E-state index in [1.807, 2.05) is 31.2 Å². The van der Waals surface area contributed by atoms with Gasteiger partial charge in [0.25, 0.3) is 5.91 Å². The lowest BCUT2D eigenvalue weighted by Crippen LogP contribution is -2.63. The maximum atomic E-state index is 14.9. The van der Waals surface area contributed by atoms with Crippen LogP contribution in [0.25, 0.3) is 0 Å². The van der Waals surface area contributed by atoms with E-state index >= 15 is 0 Å². The molecule has 296 valence electrons. The van der Waals surface area contributed by atoms with Gasteiger partial charge in [0.15, 0.2) is 9.84 Å². The third-order valence-electron chi connectivity index (χ3n) is 12.4. The number of rotatable bonds is 14. The van der Waals surface area contributed by atoms with Crippen LogP contribution in [0.15, 0.2) is 24.3 Å². The molecule has 1 aromatic rings. The van der Waals surface area contributed by atoms with E-state index in [9.17, 15) is 32.4 Å². The van der Waals surface area contributed by atoms with Crippen molar-refractivity contribution in [2.45, 2.75) is 134 Å². The lowest BCUT2D eigenvalue weighted by molar-refractivity contribution is -0.144. The number of carbonyl (C=O) groups excluding carboxylic acids is 5. The van der Waals surface area contributed by atoms with Gasteiger partial charge in [0, 0.05) is 19.5 Å². The Morgan fingerprint density at radius 2 is 1.63 bits per heavy atom. The number of fused-ring (bicyclic) bond motifs is 2. The molecule has 0 bridgehead atoms. The number of nitrogens with zero attached hydrogens (tertiary/aromatic N) is 1. The molecule has 5 atom stereocenters. The molecule has 4 N–H and O–H groups in total. The number of carbonyl (C=O) groups is 5. The zero-order valence-electron chi connectivity index (χ0n) is 32.8. The van der Waals surface area contributed by atoms with Crippen molar-refractivity contribution >= 4 is 39.4 Å². The predicted molar refractivity (Wildman–Crippen MR) is 207 cm³/mol. The van der Waals surface area contributed by atoms with Crippen molar-refractivity contribution in [1.82, 2.24) is 26.2 Å². The second kappa shape index (κ2) is 16.0. The number of urea groups is 1. The van der Waals surface area contributed by atoms with Gasteiger partial charge in [-0.3, -0.25) is 19.2 Å². The maximum absolute atomic E-state index is 14.9. The van der Waals surface area contributed by atoms with Crippen LogP contribution >= 0.6 is 0 Å². The van der Waals surface area contributed by atoms with Crippen molar-refractivity contribution in [1.29, 1.82) is 0 Å². The number of terminal acetylenes is 1. The van der Waals surface area contributed by atoms with Crippen LogP contribution in [0.4, 0.5) is 4.79 Å². The highest BCUT2D eigenvalue weighted by Crippen LogP contribution is 2.65. The van der Waals surface area contributed by atoms with E-state index in [2.05, 4.69) is 41.0 Å². The molecule has 1 aromatic carbocycles. The Hall–Kier alpha value is -3.92. The van der Waals surface area contributed by atoms with Crippen LogP contribution in [-0.2, 0) is 41.9 Å². The average molecular weight is 766 g/mol. The molecule has 0 spiro atoms. The molecule has 5 rings (SSSR count). The molecule has 4 aliphatic rings. The summed E-state index contributed by atoms with van der Waals surface area (Å²) in [4.78, 5) is 70.7. The van der Waals surface area contributed by atoms with Gasteiger partial charge in [-0.15, -0.1) is 12.3 Å². The van der Waals surface area contributed by atoms with Gasteiger partial charge in [-0.2, -0.15) is 0 Å². The molecule has 5 amide bonds. The zero-order chi connectivity index (χ0) is 39.6. The van der Waals surface area contributed by atoms with Gasteiger partial charge in [-0.05, 0) is 87.2 Å². The minimum Gasteiger partial charge on any atom is -0.348 e. The summed E-state index contributed by atoms with van der Waals surface area (Å²) in [5.41, 5.74) is 0.967. The Labute approximate surface area is 321 Å². The SMILES string of the molecule is C#CCCNC(=O)C(=O)C(CCC)NC(=O)[C@@H]1[C@@H]2C(CN1C(=O)[C@@H](NC(=O)NC1(CS(=O)(=O)C(C)(C)C)CCCCC1)C1Cc3ccccc3C1)C2(C)C. The van der Waals surface area contributed by atoms with E-state index in [0.717, 1.165) is 30.4 Å². The first-order chi connectivity index (χ1) is 25.4. The van der Waals surface area contributed by atoms with E-state index in [1.54, 1.807) is 25.7 Å². The second-order valence-corrected chi connectivity index (χ2v) is 20.3. The van der Waals surface area contributed by atoms with Crippen LogP contribution in [-0.4, -0.2) is 90.1 Å². The van der Waals surface area contributed by atoms with Gasteiger partial charge in [0.2, 0.25) is 17.6 Å². The predicted octanol–water partition coefficient (Wildman–Crippen LogP) is 3.46. The Bertz CT molecular complexity index is 1750. The fraction of sp³-hybridized carbons (Fsp3) is 0.683. The van der Waals surface area contributed by atoms with Crippen LogP contribution in [0.3, 0.4) is 0 Å². The molecule has 3 aliphatic carbocycles. The van der Waals surface area contributed by atoms with Crippen LogP contribution in [0, 0.1) is 35.5 Å². The second-order valence-electron chi connectivity index (χ2n) is 17.5. The first-order valence-electron chi connectivity index (χ1n) is 19.6. The van der Waals surface area contributed by atoms with Crippen LogP contribution in [0.5, 0.6) is 0 Å². The van der Waals surface area contributed by atoms with Crippen LogP contribution in [0.1, 0.15) is 104 Å². The third kappa shape index (κ3) is 8.64. The summed E-state index contributed by atoms with van der Waals surface area (Å²) in [6.45, 7) is 11.4. The van der Waals surface area contributed by atoms with Gasteiger partial charge in [-0.25, -0.2) is 13.2 Å². The molecule has 13 heteroatoms. The highest BCUT2D eigenvalue weighted by atomic mass is 32.2. The number of hydrogen-bond donors (Lipinski definition) is 4. The molecule has 3 fully saturated rings. The molecule has 1 aliphatic heterocycles. The highest BCUT2D eigenvalue weighted by molar-refractivity contribution is 7.92. The Balaban J connectivity index is 1.41. The average Bonchev–Trinajstić information content (AvgIpc) is 3.46. The summed E-state index contributed by atoms with van der Waals surface area (Å²) in [5, 5.41) is 11.4. The van der Waals surface area contributed by atoms with Crippen molar-refractivity contribution in [2.24, 2.45) is 23.2 Å². The molecule has 0 radical (unpaired) electrons. The summed E-state index contributed by atoms with van der Waals surface area (Å²) in [6, 6.07) is 4.32. The van der Waals surface area contributed by atoms with Crippen molar-refractivity contribution in [3.05, 3.63) is 35.4 Å². The molecule has 54 heavy (non-hydrogen) atoms. The number of sulfone groups is 1. The normalized spacial score (nSPS) is 23.9. The molecular weight excluding hydrogens is 707 g/mol. The number of Topliss-reactive ketones (excluding diaryl/α,β-unsaturated/α-hetero) is 1. The Kier molecular flexibility index (Phi) is 12.3. The topological polar surface area (TPSA) is 171 Å². The molecule has 2 unspecified atom stereocenters. The molecular formula is C41H59N5O7S. The zero-order valence-corrected chi connectivity index (χ0v) is 33.6. The Morgan fingerprint density at radius 1 is 1.00 bits per heavy atom. The summed E-state index contributed by atoms with van der Waals surface area (Å²) in [6.07, 6.45) is 10.9. The number of likely N-dealkylation sites (tertiary alicyclic amines) is 1. The molecule has 1 saturated heterocycles. The minimum absolute atomic E-state index is 0.0351. The fourth-order valence-electron chi connectivity index (χ4n) is 9.04. The molecule has 12 nitrogen and oxygen atoms in total. The van der Waals surface area contributed by atoms with E-state index < -0.39 is 67.8 Å². The van der Waals surface area contributed by atoms with E-state index in [4.69, 9.17) is 6.42 Å². The lowest BCUT2D eigenvalue weighted by atomic mass is 9.83. The molecule has 0 aromatic heterocycles. The highest BCUT2D eigenvalue weighted by Gasteiger charge is 2.70. The minimum atomic E-state index is -3.59. The summed E-state index contributed by atoms with van der Waals surface area (Å²) >= 11 is 0. The standard InChI is InChI=1S/C41H59N5O7S/c1-8-10-21-42-36(49)34(47)30(16-9-2)43-35(48)33-31-29(40(31,6)7)24-46(33)37(50)32(28-22-26-17-12-13-18-27(26)23-28)44-38(51)45-41(19-14-11-15-20-41)25-54(52,53)39(3,4)5/h1,12-13,17-18,28-33H,9-11,14-16,19-25H2,2-7H3,(H,42,49)(H,43,48)(H2,44,45,51)/t29?,30?,31-,32-,33-/m0/s1.